The Labute approximate surface area is 128 Å². The van der Waals surface area contributed by atoms with Crippen LogP contribution in [0.2, 0.25) is 0 Å². The molecule has 0 aliphatic heterocycles. The van der Waals surface area contributed by atoms with Crippen LogP contribution in [0, 0.1) is 6.92 Å². The minimum Gasteiger partial charge on any atom is -0.478 e. The van der Waals surface area contributed by atoms with Gasteiger partial charge in [-0.2, -0.15) is 0 Å². The first-order valence-corrected chi connectivity index (χ1v) is 7.50. The van der Waals surface area contributed by atoms with Crippen molar-refractivity contribution < 1.29 is 9.90 Å². The monoisotopic (exact) mass is 302 g/mol. The van der Waals surface area contributed by atoms with Crippen LogP contribution in [-0.4, -0.2) is 28.0 Å². The molecule has 21 heavy (non-hydrogen) atoms. The highest BCUT2D eigenvalue weighted by molar-refractivity contribution is 7.09. The number of carboxylic acids is 1. The molecular weight excluding hydrogens is 284 g/mol. The van der Waals surface area contributed by atoms with E-state index < -0.39 is 5.97 Å². The van der Waals surface area contributed by atoms with E-state index in [0.717, 1.165) is 36.0 Å². The smallest absolute Gasteiger partial charge is 0.328 e. The summed E-state index contributed by atoms with van der Waals surface area (Å²) in [5, 5.41) is 8.66. The molecule has 0 aliphatic carbocycles. The Morgan fingerprint density at radius 3 is 2.90 bits per heavy atom. The summed E-state index contributed by atoms with van der Waals surface area (Å²) in [4.78, 5) is 18.3. The number of aromatic nitrogens is 1. The van der Waals surface area contributed by atoms with Crippen LogP contribution in [0.5, 0.6) is 0 Å². The second kappa shape index (κ2) is 7.15. The SMILES string of the molecule is Cc1ncsc1CN(C)Cc1cccc(C=CC(=O)O)c1. The molecule has 0 unspecified atom stereocenters. The van der Waals surface area contributed by atoms with Crippen LogP contribution in [0.1, 0.15) is 21.7 Å². The number of thiazole rings is 1. The zero-order valence-corrected chi connectivity index (χ0v) is 12.9. The summed E-state index contributed by atoms with van der Waals surface area (Å²) in [6, 6.07) is 7.91. The molecule has 0 fully saturated rings. The molecule has 5 heteroatoms. The first kappa shape index (κ1) is 15.4. The Hall–Kier alpha value is -1.98. The Kier molecular flexibility index (Phi) is 5.25. The van der Waals surface area contributed by atoms with Crippen LogP contribution < -0.4 is 0 Å². The van der Waals surface area contributed by atoms with Gasteiger partial charge in [-0.15, -0.1) is 11.3 Å². The highest BCUT2D eigenvalue weighted by atomic mass is 32.1. The van der Waals surface area contributed by atoms with Crippen LogP contribution in [0.4, 0.5) is 0 Å². The van der Waals surface area contributed by atoms with Gasteiger partial charge in [0, 0.05) is 24.0 Å². The van der Waals surface area contributed by atoms with Crippen LogP contribution in [0.15, 0.2) is 35.9 Å². The fraction of sp³-hybridized carbons (Fsp3) is 0.250. The Bertz CT molecular complexity index is 649. The van der Waals surface area contributed by atoms with Gasteiger partial charge in [0.05, 0.1) is 11.2 Å². The maximum Gasteiger partial charge on any atom is 0.328 e. The molecule has 1 aromatic heterocycles. The van der Waals surface area contributed by atoms with Crippen LogP contribution >= 0.6 is 11.3 Å². The third kappa shape index (κ3) is 4.81. The van der Waals surface area contributed by atoms with E-state index in [0.29, 0.717) is 0 Å². The molecule has 1 N–H and O–H groups in total. The van der Waals surface area contributed by atoms with Crippen molar-refractivity contribution in [2.45, 2.75) is 20.0 Å². The number of aryl methyl sites for hydroxylation is 1. The molecule has 1 heterocycles. The molecule has 0 bridgehead atoms. The fourth-order valence-corrected chi connectivity index (χ4v) is 2.91. The average molecular weight is 302 g/mol. The molecule has 4 nitrogen and oxygen atoms in total. The summed E-state index contributed by atoms with van der Waals surface area (Å²) in [7, 11) is 2.07. The number of hydrogen-bond acceptors (Lipinski definition) is 4. The molecule has 0 aliphatic rings. The number of aliphatic carboxylic acids is 1. The predicted molar refractivity (Wildman–Crippen MR) is 85.1 cm³/mol. The Morgan fingerprint density at radius 2 is 2.24 bits per heavy atom. The number of carboxylic acid groups (broad SMARTS) is 1. The lowest BCUT2D eigenvalue weighted by Crippen LogP contribution is -2.17. The molecule has 110 valence electrons. The molecule has 0 amide bonds. The maximum atomic E-state index is 10.5. The summed E-state index contributed by atoms with van der Waals surface area (Å²) in [6.07, 6.45) is 2.77. The summed E-state index contributed by atoms with van der Waals surface area (Å²) >= 11 is 1.67. The van der Waals surface area contributed by atoms with Crippen molar-refractivity contribution in [3.8, 4) is 0 Å². The van der Waals surface area contributed by atoms with Crippen LogP contribution in [0.3, 0.4) is 0 Å². The van der Waals surface area contributed by atoms with Gasteiger partial charge < -0.3 is 5.11 Å². The number of benzene rings is 1. The van der Waals surface area contributed by atoms with Crippen LogP contribution in [-0.2, 0) is 17.9 Å². The standard InChI is InChI=1S/C16H18N2O2S/c1-12-15(21-11-17-12)10-18(2)9-14-5-3-4-13(8-14)6-7-16(19)20/h3-8,11H,9-10H2,1-2H3,(H,19,20). The lowest BCUT2D eigenvalue weighted by atomic mass is 10.1. The molecular formula is C16H18N2O2S. The summed E-state index contributed by atoms with van der Waals surface area (Å²) in [6.45, 7) is 3.70. The van der Waals surface area contributed by atoms with Gasteiger partial charge in [-0.25, -0.2) is 9.78 Å². The van der Waals surface area contributed by atoms with Crippen LogP contribution in [0.25, 0.3) is 6.08 Å². The van der Waals surface area contributed by atoms with Crippen molar-refractivity contribution in [1.29, 1.82) is 0 Å². The van der Waals surface area contributed by atoms with E-state index in [2.05, 4.69) is 16.9 Å². The van der Waals surface area contributed by atoms with Gasteiger partial charge in [-0.1, -0.05) is 24.3 Å². The first-order chi connectivity index (χ1) is 10.0. The molecule has 2 rings (SSSR count). The topological polar surface area (TPSA) is 53.4 Å². The van der Waals surface area contributed by atoms with Gasteiger partial charge in [0.25, 0.3) is 0 Å². The van der Waals surface area contributed by atoms with E-state index in [9.17, 15) is 4.79 Å². The van der Waals surface area contributed by atoms with Gasteiger partial charge in [0.2, 0.25) is 0 Å². The lowest BCUT2D eigenvalue weighted by molar-refractivity contribution is -0.131. The van der Waals surface area contributed by atoms with Crippen molar-refractivity contribution in [1.82, 2.24) is 9.88 Å². The molecule has 0 radical (unpaired) electrons. The van der Waals surface area contributed by atoms with E-state index in [1.807, 2.05) is 36.7 Å². The lowest BCUT2D eigenvalue weighted by Gasteiger charge is -2.16. The first-order valence-electron chi connectivity index (χ1n) is 6.62. The quantitative estimate of drug-likeness (QED) is 0.833. The molecule has 0 saturated heterocycles. The Balaban J connectivity index is 2.00. The number of hydrogen-bond donors (Lipinski definition) is 1. The van der Waals surface area contributed by atoms with E-state index in [-0.39, 0.29) is 0 Å². The number of carbonyl (C=O) groups is 1. The Morgan fingerprint density at radius 1 is 1.43 bits per heavy atom. The van der Waals surface area contributed by atoms with Crippen molar-refractivity contribution in [3.05, 3.63) is 57.6 Å². The van der Waals surface area contributed by atoms with Gasteiger partial charge in [-0.05, 0) is 31.2 Å². The number of rotatable bonds is 6. The van der Waals surface area contributed by atoms with Crippen molar-refractivity contribution >= 4 is 23.4 Å². The van der Waals surface area contributed by atoms with Gasteiger partial charge in [0.1, 0.15) is 0 Å². The van der Waals surface area contributed by atoms with E-state index in [1.54, 1.807) is 17.4 Å². The fourth-order valence-electron chi connectivity index (χ4n) is 2.05. The molecule has 2 aromatic rings. The van der Waals surface area contributed by atoms with Crippen molar-refractivity contribution in [2.75, 3.05) is 7.05 Å². The highest BCUT2D eigenvalue weighted by Crippen LogP contribution is 2.16. The van der Waals surface area contributed by atoms with Gasteiger partial charge >= 0.3 is 5.97 Å². The minimum atomic E-state index is -0.932. The zero-order chi connectivity index (χ0) is 15.2. The molecule has 0 saturated carbocycles. The van der Waals surface area contributed by atoms with E-state index in [1.165, 1.54) is 4.88 Å². The second-order valence-corrected chi connectivity index (χ2v) is 5.89. The van der Waals surface area contributed by atoms with Gasteiger partial charge in [-0.3, -0.25) is 4.90 Å². The maximum absolute atomic E-state index is 10.5. The normalized spacial score (nSPS) is 11.4. The zero-order valence-electron chi connectivity index (χ0n) is 12.1. The van der Waals surface area contributed by atoms with E-state index >= 15 is 0 Å². The van der Waals surface area contributed by atoms with Crippen molar-refractivity contribution in [2.24, 2.45) is 0 Å². The van der Waals surface area contributed by atoms with E-state index in [4.69, 9.17) is 5.11 Å². The summed E-state index contributed by atoms with van der Waals surface area (Å²) in [5.41, 5.74) is 5.02. The minimum absolute atomic E-state index is 0.812. The third-order valence-corrected chi connectivity index (χ3v) is 4.00. The average Bonchev–Trinajstić information content (AvgIpc) is 2.82. The summed E-state index contributed by atoms with van der Waals surface area (Å²) < 4.78 is 0. The van der Waals surface area contributed by atoms with Gasteiger partial charge in [0.15, 0.2) is 0 Å². The molecule has 0 spiro atoms. The molecule has 1 aromatic carbocycles. The predicted octanol–water partition coefficient (Wildman–Crippen LogP) is 3.18. The third-order valence-electron chi connectivity index (χ3n) is 3.08. The number of nitrogens with zero attached hydrogens (tertiary/aromatic N) is 2. The summed E-state index contributed by atoms with van der Waals surface area (Å²) in [5.74, 6) is -0.932. The van der Waals surface area contributed by atoms with Crippen molar-refractivity contribution in [3.63, 3.8) is 0 Å². The largest absolute Gasteiger partial charge is 0.478 e. The molecule has 0 atom stereocenters. The second-order valence-electron chi connectivity index (χ2n) is 4.95. The highest BCUT2D eigenvalue weighted by Gasteiger charge is 2.06.